The summed E-state index contributed by atoms with van der Waals surface area (Å²) in [6.45, 7) is 0. The highest BCUT2D eigenvalue weighted by atomic mass is 35.5. The van der Waals surface area contributed by atoms with Crippen molar-refractivity contribution in [1.29, 1.82) is 0 Å². The van der Waals surface area contributed by atoms with Gasteiger partial charge in [-0.05, 0) is 12.8 Å². The summed E-state index contributed by atoms with van der Waals surface area (Å²) < 4.78 is 0. The molecule has 0 aromatic heterocycles. The molecular formula is C6H7BCl2. The van der Waals surface area contributed by atoms with Crippen molar-refractivity contribution in [2.24, 2.45) is 0 Å². The van der Waals surface area contributed by atoms with Gasteiger partial charge in [-0.25, -0.2) is 0 Å². The summed E-state index contributed by atoms with van der Waals surface area (Å²) >= 11 is 11.6. The van der Waals surface area contributed by atoms with Crippen LogP contribution in [0.2, 0.25) is 0 Å². The molecule has 48 valence electrons. The van der Waals surface area contributed by atoms with Gasteiger partial charge in [0.25, 0.3) is 0 Å². The lowest BCUT2D eigenvalue weighted by Gasteiger charge is -2.08. The first kappa shape index (κ1) is 7.23. The van der Waals surface area contributed by atoms with E-state index in [-0.39, 0.29) is 0 Å². The normalized spacial score (nSPS) is 20.0. The molecule has 0 heterocycles. The molecular weight excluding hydrogens is 154 g/mol. The molecule has 1 aliphatic rings. The van der Waals surface area contributed by atoms with E-state index in [2.05, 4.69) is 0 Å². The molecule has 0 unspecified atom stereocenters. The van der Waals surface area contributed by atoms with Gasteiger partial charge in [0.1, 0.15) is 7.85 Å². The van der Waals surface area contributed by atoms with Gasteiger partial charge in [-0.3, -0.25) is 0 Å². The summed E-state index contributed by atoms with van der Waals surface area (Å²) in [5.74, 6) is 0. The van der Waals surface area contributed by atoms with Crippen LogP contribution < -0.4 is 0 Å². The molecule has 0 saturated carbocycles. The molecule has 0 aromatic carbocycles. The van der Waals surface area contributed by atoms with E-state index in [0.717, 1.165) is 28.4 Å². The second-order valence-electron chi connectivity index (χ2n) is 2.12. The van der Waals surface area contributed by atoms with Crippen LogP contribution >= 0.6 is 23.2 Å². The second-order valence-corrected chi connectivity index (χ2v) is 2.98. The van der Waals surface area contributed by atoms with Gasteiger partial charge in [0.05, 0.1) is 0 Å². The summed E-state index contributed by atoms with van der Waals surface area (Å²) in [5, 5.41) is 1.72. The van der Waals surface area contributed by atoms with E-state index in [1.165, 1.54) is 0 Å². The van der Waals surface area contributed by atoms with Gasteiger partial charge in [0.15, 0.2) is 0 Å². The molecule has 0 nitrogen and oxygen atoms in total. The Balaban J connectivity index is 2.88. The summed E-state index contributed by atoms with van der Waals surface area (Å²) in [7, 11) is 1.94. The quantitative estimate of drug-likeness (QED) is 0.476. The van der Waals surface area contributed by atoms with Crippen LogP contribution in [0.25, 0.3) is 0 Å². The standard InChI is InChI=1S/C6H7BCl2/c7-6-4(8)2-1-3-5(6)9/h2H,1,3,7H2. The number of hydrogen-bond donors (Lipinski definition) is 0. The van der Waals surface area contributed by atoms with Gasteiger partial charge in [0, 0.05) is 10.1 Å². The SMILES string of the molecule is BC1=C(Cl)CCC=C1Cl. The summed E-state index contributed by atoms with van der Waals surface area (Å²) in [6.07, 6.45) is 3.93. The van der Waals surface area contributed by atoms with Crippen molar-refractivity contribution in [3.63, 3.8) is 0 Å². The molecule has 3 heteroatoms. The van der Waals surface area contributed by atoms with Gasteiger partial charge in [0.2, 0.25) is 0 Å². The zero-order chi connectivity index (χ0) is 6.85. The number of hydrogen-bond acceptors (Lipinski definition) is 0. The topological polar surface area (TPSA) is 0 Å². The predicted molar refractivity (Wildman–Crippen MR) is 44.6 cm³/mol. The highest BCUT2D eigenvalue weighted by Gasteiger charge is 2.06. The molecule has 0 aromatic rings. The lowest BCUT2D eigenvalue weighted by molar-refractivity contribution is 1.01. The van der Waals surface area contributed by atoms with E-state index < -0.39 is 0 Å². The van der Waals surface area contributed by atoms with Crippen molar-refractivity contribution in [1.82, 2.24) is 0 Å². The number of halogens is 2. The Labute approximate surface area is 65.9 Å². The van der Waals surface area contributed by atoms with E-state index in [9.17, 15) is 0 Å². The predicted octanol–water partition coefficient (Wildman–Crippen LogP) is 1.99. The second kappa shape index (κ2) is 2.81. The molecule has 0 fully saturated rings. The van der Waals surface area contributed by atoms with Crippen molar-refractivity contribution in [3.05, 3.63) is 21.6 Å². The van der Waals surface area contributed by atoms with E-state index in [1.807, 2.05) is 13.9 Å². The van der Waals surface area contributed by atoms with Crippen LogP contribution in [0.5, 0.6) is 0 Å². The minimum Gasteiger partial charge on any atom is -0.0897 e. The Bertz CT molecular complexity index is 181. The van der Waals surface area contributed by atoms with Gasteiger partial charge in [-0.1, -0.05) is 34.8 Å². The highest BCUT2D eigenvalue weighted by Crippen LogP contribution is 2.27. The summed E-state index contributed by atoms with van der Waals surface area (Å²) in [6, 6.07) is 0. The minimum absolute atomic E-state index is 0.811. The first-order valence-corrected chi connectivity index (χ1v) is 3.68. The fourth-order valence-corrected chi connectivity index (χ4v) is 1.28. The third kappa shape index (κ3) is 1.53. The molecule has 0 aliphatic heterocycles. The van der Waals surface area contributed by atoms with Gasteiger partial charge in [-0.2, -0.15) is 0 Å². The molecule has 0 atom stereocenters. The molecule has 0 N–H and O–H groups in total. The maximum absolute atomic E-state index is 5.82. The van der Waals surface area contributed by atoms with E-state index in [4.69, 9.17) is 23.2 Å². The van der Waals surface area contributed by atoms with Crippen molar-refractivity contribution < 1.29 is 0 Å². The van der Waals surface area contributed by atoms with E-state index in [0.29, 0.717) is 0 Å². The third-order valence-corrected chi connectivity index (χ3v) is 2.36. The molecule has 1 aliphatic carbocycles. The van der Waals surface area contributed by atoms with Crippen molar-refractivity contribution in [2.75, 3.05) is 0 Å². The largest absolute Gasteiger partial charge is 0.142 e. The lowest BCUT2D eigenvalue weighted by Crippen LogP contribution is -1.92. The monoisotopic (exact) mass is 160 g/mol. The van der Waals surface area contributed by atoms with Crippen molar-refractivity contribution in [2.45, 2.75) is 12.8 Å². The fraction of sp³-hybridized carbons (Fsp3) is 0.333. The molecule has 9 heavy (non-hydrogen) atoms. The Morgan fingerprint density at radius 2 is 2.11 bits per heavy atom. The van der Waals surface area contributed by atoms with E-state index >= 15 is 0 Å². The fourth-order valence-electron chi connectivity index (χ4n) is 0.796. The zero-order valence-electron chi connectivity index (χ0n) is 5.25. The van der Waals surface area contributed by atoms with Gasteiger partial charge in [-0.15, -0.1) is 0 Å². The van der Waals surface area contributed by atoms with Crippen LogP contribution in [-0.4, -0.2) is 7.85 Å². The average molecular weight is 161 g/mol. The van der Waals surface area contributed by atoms with Crippen molar-refractivity contribution >= 4 is 31.0 Å². The molecule has 0 radical (unpaired) electrons. The number of rotatable bonds is 0. The third-order valence-electron chi connectivity index (χ3n) is 1.45. The molecule has 1 rings (SSSR count). The first-order chi connectivity index (χ1) is 4.22. The van der Waals surface area contributed by atoms with Crippen LogP contribution in [0, 0.1) is 0 Å². The first-order valence-electron chi connectivity index (χ1n) is 2.93. The van der Waals surface area contributed by atoms with Crippen LogP contribution in [0.15, 0.2) is 21.6 Å². The molecule has 0 saturated heterocycles. The maximum Gasteiger partial charge on any atom is 0.142 e. The highest BCUT2D eigenvalue weighted by molar-refractivity contribution is 6.45. The van der Waals surface area contributed by atoms with Crippen LogP contribution in [0.4, 0.5) is 0 Å². The van der Waals surface area contributed by atoms with Crippen LogP contribution in [0.1, 0.15) is 12.8 Å². The Morgan fingerprint density at radius 3 is 2.56 bits per heavy atom. The Morgan fingerprint density at radius 1 is 1.44 bits per heavy atom. The van der Waals surface area contributed by atoms with E-state index in [1.54, 1.807) is 0 Å². The average Bonchev–Trinajstić information content (AvgIpc) is 1.83. The van der Waals surface area contributed by atoms with Crippen LogP contribution in [-0.2, 0) is 0 Å². The lowest BCUT2D eigenvalue weighted by atomic mass is 9.90. The van der Waals surface area contributed by atoms with Gasteiger partial charge >= 0.3 is 0 Å². The minimum atomic E-state index is 0.811. The molecule has 0 bridgehead atoms. The summed E-state index contributed by atoms with van der Waals surface area (Å²) in [5.41, 5.74) is 1.03. The van der Waals surface area contributed by atoms with Gasteiger partial charge < -0.3 is 0 Å². The van der Waals surface area contributed by atoms with Crippen LogP contribution in [0.3, 0.4) is 0 Å². The zero-order valence-corrected chi connectivity index (χ0v) is 6.76. The maximum atomic E-state index is 5.82. The Hall–Kier alpha value is 0.125. The Kier molecular flexibility index (Phi) is 2.26. The molecule has 0 amide bonds. The van der Waals surface area contributed by atoms with Crippen molar-refractivity contribution in [3.8, 4) is 0 Å². The summed E-state index contributed by atoms with van der Waals surface area (Å²) in [4.78, 5) is 0. The number of allylic oxidation sites excluding steroid dienone is 4. The smallest absolute Gasteiger partial charge is 0.0897 e. The molecule has 0 spiro atoms.